The molecule has 0 N–H and O–H groups in total. The molecule has 160 valence electrons. The van der Waals surface area contributed by atoms with Crippen molar-refractivity contribution in [3.05, 3.63) is 53.1 Å². The van der Waals surface area contributed by atoms with E-state index in [9.17, 15) is 13.2 Å². The molecule has 7 nitrogen and oxygen atoms in total. The minimum Gasteiger partial charge on any atom is -0.465 e. The van der Waals surface area contributed by atoms with Gasteiger partial charge >= 0.3 is 12.0 Å². The van der Waals surface area contributed by atoms with Crippen LogP contribution in [0.1, 0.15) is 49.2 Å². The van der Waals surface area contributed by atoms with Gasteiger partial charge in [-0.2, -0.15) is 4.98 Å². The number of sulfonamides is 1. The number of ether oxygens (including phenoxy) is 1. The van der Waals surface area contributed by atoms with Crippen LogP contribution in [0.2, 0.25) is 0 Å². The third-order valence-electron chi connectivity index (χ3n) is 4.95. The molecule has 0 saturated carbocycles. The number of aromatic nitrogens is 1. The van der Waals surface area contributed by atoms with Crippen LogP contribution in [0.25, 0.3) is 11.1 Å². The molecular weight excluding hydrogens is 404 g/mol. The summed E-state index contributed by atoms with van der Waals surface area (Å²) in [7, 11) is -2.75. The number of carbonyl (C=O) groups is 1. The minimum absolute atomic E-state index is 0.0150. The summed E-state index contributed by atoms with van der Waals surface area (Å²) in [5.74, 6) is -0.593. The van der Waals surface area contributed by atoms with Gasteiger partial charge in [-0.15, -0.1) is 0 Å². The molecule has 0 spiro atoms. The van der Waals surface area contributed by atoms with Crippen LogP contribution in [0.4, 0.5) is 6.01 Å². The van der Waals surface area contributed by atoms with Gasteiger partial charge in [-0.1, -0.05) is 32.9 Å². The highest BCUT2D eigenvalue weighted by atomic mass is 32.2. The number of rotatable bonds is 5. The predicted molar refractivity (Wildman–Crippen MR) is 115 cm³/mol. The number of aryl methyl sites for hydroxylation is 1. The fraction of sp³-hybridized carbons (Fsp3) is 0.364. The number of carbonyl (C=O) groups excluding carboxylic acids is 1. The van der Waals surface area contributed by atoms with E-state index in [1.54, 1.807) is 26.0 Å². The van der Waals surface area contributed by atoms with Gasteiger partial charge in [0.05, 0.1) is 17.6 Å². The number of oxazole rings is 1. The summed E-state index contributed by atoms with van der Waals surface area (Å²) < 4.78 is 38.2. The number of benzene rings is 2. The molecule has 8 heteroatoms. The summed E-state index contributed by atoms with van der Waals surface area (Å²) >= 11 is 0. The molecule has 3 aromatic rings. The molecule has 2 aromatic carbocycles. The highest BCUT2D eigenvalue weighted by molar-refractivity contribution is 7.92. The van der Waals surface area contributed by atoms with Crippen molar-refractivity contribution in [1.29, 1.82) is 0 Å². The van der Waals surface area contributed by atoms with Crippen LogP contribution in [0, 0.1) is 6.92 Å². The normalized spacial score (nSPS) is 12.2. The van der Waals surface area contributed by atoms with Crippen molar-refractivity contribution in [1.82, 2.24) is 4.98 Å². The average Bonchev–Trinajstić information content (AvgIpc) is 3.09. The molecule has 0 bridgehead atoms. The molecule has 0 unspecified atom stereocenters. The highest BCUT2D eigenvalue weighted by Gasteiger charge is 2.29. The number of fused-ring (bicyclic) bond motifs is 1. The first kappa shape index (κ1) is 21.8. The van der Waals surface area contributed by atoms with Gasteiger partial charge in [0.1, 0.15) is 5.52 Å². The van der Waals surface area contributed by atoms with Crippen LogP contribution in [-0.2, 0) is 20.2 Å². The van der Waals surface area contributed by atoms with Crippen LogP contribution < -0.4 is 4.31 Å². The van der Waals surface area contributed by atoms with E-state index in [4.69, 9.17) is 9.15 Å². The molecule has 0 aliphatic carbocycles. The molecule has 0 amide bonds. The van der Waals surface area contributed by atoms with Gasteiger partial charge in [-0.3, -0.25) is 0 Å². The summed E-state index contributed by atoms with van der Waals surface area (Å²) in [6.07, 6.45) is 0. The van der Waals surface area contributed by atoms with E-state index in [0.717, 1.165) is 9.87 Å². The SMILES string of the molecule is CCN(c1nc2cc(C(C)(C)C)ccc2o1)S(=O)(=O)c1ccc(C)c(C(=O)OC)c1. The lowest BCUT2D eigenvalue weighted by molar-refractivity contribution is 0.0599. The number of hydrogen-bond acceptors (Lipinski definition) is 6. The highest BCUT2D eigenvalue weighted by Crippen LogP contribution is 2.31. The lowest BCUT2D eigenvalue weighted by Gasteiger charge is -2.19. The van der Waals surface area contributed by atoms with E-state index in [1.165, 1.54) is 19.2 Å². The topological polar surface area (TPSA) is 89.7 Å². The Balaban J connectivity index is 2.08. The maximum atomic E-state index is 13.3. The van der Waals surface area contributed by atoms with Crippen molar-refractivity contribution in [3.63, 3.8) is 0 Å². The Morgan fingerprint density at radius 3 is 2.47 bits per heavy atom. The zero-order valence-corrected chi connectivity index (χ0v) is 18.8. The lowest BCUT2D eigenvalue weighted by atomic mass is 9.87. The Morgan fingerprint density at radius 1 is 1.17 bits per heavy atom. The van der Waals surface area contributed by atoms with E-state index < -0.39 is 16.0 Å². The van der Waals surface area contributed by atoms with Gasteiger partial charge in [0, 0.05) is 6.54 Å². The van der Waals surface area contributed by atoms with Gasteiger partial charge in [0.2, 0.25) is 0 Å². The number of methoxy groups -OCH3 is 1. The van der Waals surface area contributed by atoms with Gasteiger partial charge in [0.15, 0.2) is 5.58 Å². The summed E-state index contributed by atoms with van der Waals surface area (Å²) in [4.78, 5) is 16.4. The maximum Gasteiger partial charge on any atom is 0.338 e. The number of nitrogens with zero attached hydrogens (tertiary/aromatic N) is 2. The summed E-state index contributed by atoms with van der Waals surface area (Å²) in [5, 5.41) is 0. The smallest absolute Gasteiger partial charge is 0.338 e. The second-order valence-corrected chi connectivity index (χ2v) is 9.93. The van der Waals surface area contributed by atoms with Gasteiger partial charge in [-0.05, 0) is 54.7 Å². The molecule has 30 heavy (non-hydrogen) atoms. The van der Waals surface area contributed by atoms with Crippen LogP contribution >= 0.6 is 0 Å². The molecule has 0 aliphatic heterocycles. The van der Waals surface area contributed by atoms with Gasteiger partial charge in [-0.25, -0.2) is 17.5 Å². The Labute approximate surface area is 176 Å². The van der Waals surface area contributed by atoms with E-state index in [1.807, 2.05) is 12.1 Å². The summed E-state index contributed by atoms with van der Waals surface area (Å²) in [6, 6.07) is 10.00. The van der Waals surface area contributed by atoms with Gasteiger partial charge in [0.25, 0.3) is 10.0 Å². The fourth-order valence-electron chi connectivity index (χ4n) is 3.12. The van der Waals surface area contributed by atoms with E-state index in [-0.39, 0.29) is 28.4 Å². The average molecular weight is 431 g/mol. The first-order valence-corrected chi connectivity index (χ1v) is 11.1. The van der Waals surface area contributed by atoms with Crippen molar-refractivity contribution in [2.45, 2.75) is 44.9 Å². The van der Waals surface area contributed by atoms with E-state index in [0.29, 0.717) is 16.7 Å². The Morgan fingerprint density at radius 2 is 1.87 bits per heavy atom. The first-order valence-electron chi connectivity index (χ1n) is 9.61. The molecule has 0 saturated heterocycles. The number of esters is 1. The molecule has 0 fully saturated rings. The third-order valence-corrected chi connectivity index (χ3v) is 6.79. The quantitative estimate of drug-likeness (QED) is 0.556. The second-order valence-electron chi connectivity index (χ2n) is 8.07. The molecular formula is C22H26N2O5S. The van der Waals surface area contributed by atoms with Crippen molar-refractivity contribution < 1.29 is 22.4 Å². The van der Waals surface area contributed by atoms with Gasteiger partial charge < -0.3 is 9.15 Å². The number of anilines is 1. The molecule has 1 heterocycles. The van der Waals surface area contributed by atoms with Crippen molar-refractivity contribution in [3.8, 4) is 0 Å². The number of hydrogen-bond donors (Lipinski definition) is 0. The zero-order chi connectivity index (χ0) is 22.3. The maximum absolute atomic E-state index is 13.3. The summed E-state index contributed by atoms with van der Waals surface area (Å²) in [5.41, 5.74) is 2.91. The van der Waals surface area contributed by atoms with Crippen LogP contribution in [0.15, 0.2) is 45.7 Å². The second kappa shape index (κ2) is 7.75. The Hall–Kier alpha value is -2.87. The summed E-state index contributed by atoms with van der Waals surface area (Å²) in [6.45, 7) is 9.80. The fourth-order valence-corrected chi connectivity index (χ4v) is 4.50. The van der Waals surface area contributed by atoms with Crippen molar-refractivity contribution >= 4 is 33.1 Å². The molecule has 1 aromatic heterocycles. The Kier molecular flexibility index (Phi) is 5.64. The van der Waals surface area contributed by atoms with E-state index >= 15 is 0 Å². The minimum atomic E-state index is -4.00. The zero-order valence-electron chi connectivity index (χ0n) is 18.0. The first-order chi connectivity index (χ1) is 14.0. The molecule has 0 aliphatic rings. The largest absolute Gasteiger partial charge is 0.465 e. The molecule has 3 rings (SSSR count). The van der Waals surface area contributed by atoms with Crippen LogP contribution in [0.5, 0.6) is 0 Å². The standard InChI is InChI=1S/C22H26N2O5S/c1-7-24(21-23-18-12-15(22(3,4)5)9-11-19(18)29-21)30(26,27)16-10-8-14(2)17(13-16)20(25)28-6/h8-13H,7H2,1-6H3. The predicted octanol–water partition coefficient (Wildman–Crippen LogP) is 4.44. The molecule has 0 radical (unpaired) electrons. The van der Waals surface area contributed by atoms with Crippen molar-refractivity contribution in [2.24, 2.45) is 0 Å². The molecule has 0 atom stereocenters. The van der Waals surface area contributed by atoms with Crippen LogP contribution in [0.3, 0.4) is 0 Å². The van der Waals surface area contributed by atoms with E-state index in [2.05, 4.69) is 25.8 Å². The third kappa shape index (κ3) is 3.92. The lowest BCUT2D eigenvalue weighted by Crippen LogP contribution is -2.31. The van der Waals surface area contributed by atoms with Crippen LogP contribution in [-0.4, -0.2) is 33.0 Å². The Bertz CT molecular complexity index is 1210. The monoisotopic (exact) mass is 430 g/mol. The van der Waals surface area contributed by atoms with Crippen molar-refractivity contribution in [2.75, 3.05) is 18.0 Å².